The Bertz CT molecular complexity index is 6710. The number of hydrogen-bond donors (Lipinski definition) is 0. The summed E-state index contributed by atoms with van der Waals surface area (Å²) in [5, 5.41) is 4.78. The van der Waals surface area contributed by atoms with E-state index in [-0.39, 0.29) is 32.5 Å². The highest BCUT2D eigenvalue weighted by Crippen LogP contribution is 2.60. The van der Waals surface area contributed by atoms with Crippen molar-refractivity contribution in [2.45, 2.75) is 116 Å². The van der Waals surface area contributed by atoms with Crippen molar-refractivity contribution in [3.8, 4) is 100 Å². The zero-order valence-electron chi connectivity index (χ0n) is 65.9. The molecular formula is C110H88N2. The summed E-state index contributed by atoms with van der Waals surface area (Å²) in [6.45, 7) is 28.9. The molecule has 112 heavy (non-hydrogen) atoms. The molecule has 0 aromatic heterocycles. The van der Waals surface area contributed by atoms with Gasteiger partial charge in [-0.2, -0.15) is 0 Å². The first-order valence-electron chi connectivity index (χ1n) is 40.3. The van der Waals surface area contributed by atoms with Crippen molar-refractivity contribution in [1.82, 2.24) is 0 Å². The Morgan fingerprint density at radius 1 is 0.152 bits per heavy atom. The van der Waals surface area contributed by atoms with E-state index in [1.54, 1.807) is 0 Å². The summed E-state index contributed by atoms with van der Waals surface area (Å²) >= 11 is 0. The average molecular weight is 1440 g/mol. The van der Waals surface area contributed by atoms with E-state index in [0.29, 0.717) is 0 Å². The normalized spacial score (nSPS) is 15.9. The quantitative estimate of drug-likeness (QED) is 0.133. The van der Waals surface area contributed by atoms with Crippen molar-refractivity contribution in [3.63, 3.8) is 0 Å². The summed E-state index contributed by atoms with van der Waals surface area (Å²) in [7, 11) is 0. The Hall–Kier alpha value is -12.4. The molecule has 0 saturated heterocycles. The fourth-order valence-electron chi connectivity index (χ4n) is 21.9. The summed E-state index contributed by atoms with van der Waals surface area (Å²) in [5.41, 5.74) is 44.7. The smallest absolute Gasteiger partial charge is 0.0468 e. The van der Waals surface area contributed by atoms with Crippen molar-refractivity contribution in [3.05, 3.63) is 382 Å². The monoisotopic (exact) mass is 1440 g/mol. The van der Waals surface area contributed by atoms with Crippen molar-refractivity contribution in [2.75, 3.05) is 9.80 Å². The molecule has 0 aliphatic heterocycles. The molecule has 0 heterocycles. The minimum absolute atomic E-state index is 0.116. The predicted octanol–water partition coefficient (Wildman–Crippen LogP) is 29.8. The predicted molar refractivity (Wildman–Crippen MR) is 473 cm³/mol. The van der Waals surface area contributed by atoms with Gasteiger partial charge in [0.2, 0.25) is 0 Å². The van der Waals surface area contributed by atoms with Gasteiger partial charge in [0.25, 0.3) is 0 Å². The van der Waals surface area contributed by atoms with Gasteiger partial charge < -0.3 is 9.80 Å². The van der Waals surface area contributed by atoms with Crippen molar-refractivity contribution < 1.29 is 0 Å². The summed E-state index contributed by atoms with van der Waals surface area (Å²) in [4.78, 5) is 5.12. The Kier molecular flexibility index (Phi) is 13.8. The Balaban J connectivity index is 0.813. The maximum Gasteiger partial charge on any atom is 0.0468 e. The van der Waals surface area contributed by atoms with Gasteiger partial charge in [0.1, 0.15) is 0 Å². The maximum absolute atomic E-state index is 2.58. The topological polar surface area (TPSA) is 6.48 Å². The summed E-state index contributed by atoms with van der Waals surface area (Å²) in [6, 6.07) is 123. The molecule has 0 spiro atoms. The van der Waals surface area contributed by atoms with Gasteiger partial charge in [-0.15, -0.1) is 0 Å². The second kappa shape index (κ2) is 23.1. The summed E-state index contributed by atoms with van der Waals surface area (Å²) in [6.07, 6.45) is 0. The largest absolute Gasteiger partial charge is 0.310 e. The summed E-state index contributed by atoms with van der Waals surface area (Å²) in [5.74, 6) is 0. The van der Waals surface area contributed by atoms with E-state index >= 15 is 0 Å². The Morgan fingerprint density at radius 3 is 0.759 bits per heavy atom. The second-order valence-electron chi connectivity index (χ2n) is 35.9. The molecule has 538 valence electrons. The molecule has 16 aromatic rings. The summed E-state index contributed by atoms with van der Waals surface area (Å²) < 4.78 is 0. The molecular weight excluding hydrogens is 1350 g/mol. The SMILES string of the molecule is CC1(C)c2ccccc2-c2cc(-c3c4ccc(N(c5ccc(-c6ccc7c(c6)C(C)(C)c6ccccc6-7)cc5)c5ccc6c(c5)C(C)(C)c5ccccc5-6)cc4c(-c4ccc5c(c4)C(C)(C)c4ccccc4-5)c4ccc(N(c5ccc6c(c5)C(C)(C)c5ccccc5-6)c5ccc6c(c5)C(C)(C)c5ccccc5-6)cc34)ccc21. The van der Waals surface area contributed by atoms with E-state index in [4.69, 9.17) is 0 Å². The lowest BCUT2D eigenvalue weighted by Gasteiger charge is -2.31. The van der Waals surface area contributed by atoms with Crippen LogP contribution in [0.15, 0.2) is 315 Å². The number of rotatable bonds is 9. The van der Waals surface area contributed by atoms with Gasteiger partial charge in [0.15, 0.2) is 0 Å². The molecule has 0 unspecified atom stereocenters. The number of hydrogen-bond acceptors (Lipinski definition) is 2. The molecule has 2 heteroatoms. The fourth-order valence-corrected chi connectivity index (χ4v) is 21.9. The van der Waals surface area contributed by atoms with Gasteiger partial charge in [0, 0.05) is 66.6 Å². The van der Waals surface area contributed by atoms with E-state index in [9.17, 15) is 0 Å². The molecule has 2 nitrogen and oxygen atoms in total. The van der Waals surface area contributed by atoms with Crippen LogP contribution in [0.25, 0.3) is 122 Å². The number of anilines is 6. The van der Waals surface area contributed by atoms with E-state index < -0.39 is 0 Å². The lowest BCUT2D eigenvalue weighted by Crippen LogP contribution is -2.18. The van der Waals surface area contributed by atoms with Gasteiger partial charge in [-0.1, -0.05) is 308 Å². The van der Waals surface area contributed by atoms with Crippen molar-refractivity contribution in [1.29, 1.82) is 0 Å². The highest BCUT2D eigenvalue weighted by atomic mass is 15.1. The number of fused-ring (bicyclic) bond motifs is 20. The van der Waals surface area contributed by atoms with E-state index in [2.05, 4.69) is 408 Å². The zero-order valence-corrected chi connectivity index (χ0v) is 65.9. The molecule has 0 N–H and O–H groups in total. The third-order valence-corrected chi connectivity index (χ3v) is 27.9. The first-order valence-corrected chi connectivity index (χ1v) is 40.3. The lowest BCUT2D eigenvalue weighted by molar-refractivity contribution is 0.660. The van der Waals surface area contributed by atoms with Gasteiger partial charge in [-0.3, -0.25) is 0 Å². The van der Waals surface area contributed by atoms with Crippen LogP contribution in [0.3, 0.4) is 0 Å². The van der Waals surface area contributed by atoms with Crippen LogP contribution in [0.4, 0.5) is 34.1 Å². The zero-order chi connectivity index (χ0) is 76.0. The first-order chi connectivity index (χ1) is 54.1. The van der Waals surface area contributed by atoms with Crippen LogP contribution in [0, 0.1) is 0 Å². The molecule has 0 saturated carbocycles. The van der Waals surface area contributed by atoms with Crippen LogP contribution < -0.4 is 9.80 Å². The van der Waals surface area contributed by atoms with Gasteiger partial charge in [-0.05, 0) is 279 Å². The standard InChI is InChI=1S/C110H88N2/c1-105(2)96-36-24-18-30-80(96)88-57-67(41-56-97(88)105)103-86-54-47-70(111(72-44-51-83-77-27-15-21-33-93(77)108(7,8)100(83)62-72)69-42-37-65(38-43-69)66-39-49-81-75-25-13-19-31-91(75)106(3,4)98(81)58-66)60-90(86)104(68-40-50-82-76-26-14-20-32-92(76)107(5,6)99(82)59-68)87-55-48-71(61-89(87)103)112(73-45-52-84-78-28-16-22-34-94(78)109(9,10)101(84)63-73)74-46-53-85-79-29-17-23-35-95(79)110(11,12)102(85)64-74/h13-64H,1-12H3. The van der Waals surface area contributed by atoms with Crippen LogP contribution >= 0.6 is 0 Å². The Labute approximate surface area is 659 Å². The van der Waals surface area contributed by atoms with Crippen LogP contribution in [0.2, 0.25) is 0 Å². The molecule has 0 amide bonds. The molecule has 0 bridgehead atoms. The highest BCUT2D eigenvalue weighted by molar-refractivity contribution is 6.23. The van der Waals surface area contributed by atoms with Gasteiger partial charge >= 0.3 is 0 Å². The van der Waals surface area contributed by atoms with E-state index in [0.717, 1.165) is 34.1 Å². The first kappa shape index (κ1) is 66.6. The molecule has 22 rings (SSSR count). The molecule has 6 aliphatic carbocycles. The molecule has 6 aliphatic rings. The number of benzene rings is 16. The average Bonchev–Trinajstić information content (AvgIpc) is 1.02. The highest BCUT2D eigenvalue weighted by Gasteiger charge is 2.43. The van der Waals surface area contributed by atoms with Crippen LogP contribution in [0.1, 0.15) is 150 Å². The van der Waals surface area contributed by atoms with Crippen LogP contribution in [-0.2, 0) is 32.5 Å². The fraction of sp³-hybridized carbons (Fsp3) is 0.164. The van der Waals surface area contributed by atoms with Gasteiger partial charge in [0.05, 0.1) is 0 Å². The minimum atomic E-state index is -0.247. The second-order valence-corrected chi connectivity index (χ2v) is 35.9. The van der Waals surface area contributed by atoms with Crippen molar-refractivity contribution in [2.24, 2.45) is 0 Å². The lowest BCUT2D eigenvalue weighted by atomic mass is 9.80. The van der Waals surface area contributed by atoms with Crippen molar-refractivity contribution >= 4 is 55.7 Å². The number of nitrogens with zero attached hydrogens (tertiary/aromatic N) is 2. The maximum atomic E-state index is 2.58. The van der Waals surface area contributed by atoms with E-state index in [1.165, 1.54) is 188 Å². The molecule has 16 aromatic carbocycles. The van der Waals surface area contributed by atoms with Crippen LogP contribution in [-0.4, -0.2) is 0 Å². The third kappa shape index (κ3) is 9.15. The van der Waals surface area contributed by atoms with Crippen LogP contribution in [0.5, 0.6) is 0 Å². The Morgan fingerprint density at radius 2 is 0.384 bits per heavy atom. The molecule has 0 atom stereocenters. The molecule has 0 radical (unpaired) electrons. The third-order valence-electron chi connectivity index (χ3n) is 27.9. The molecule has 0 fully saturated rings. The van der Waals surface area contributed by atoms with E-state index in [1.807, 2.05) is 0 Å². The minimum Gasteiger partial charge on any atom is -0.310 e. The van der Waals surface area contributed by atoms with Gasteiger partial charge in [-0.25, -0.2) is 0 Å².